The van der Waals surface area contributed by atoms with Gasteiger partial charge in [-0.05, 0) is 38.4 Å². The van der Waals surface area contributed by atoms with E-state index in [2.05, 4.69) is 27.2 Å². The summed E-state index contributed by atoms with van der Waals surface area (Å²) < 4.78 is 5.29. The van der Waals surface area contributed by atoms with E-state index in [1.807, 2.05) is 25.2 Å². The minimum atomic E-state index is 0.274. The summed E-state index contributed by atoms with van der Waals surface area (Å²) in [5, 5.41) is 12.8. The lowest BCUT2D eigenvalue weighted by Crippen LogP contribution is -2.19. The molecule has 1 aromatic carbocycles. The fourth-order valence-electron chi connectivity index (χ4n) is 2.18. The molecule has 0 saturated carbocycles. The number of rotatable bonds is 9. The highest BCUT2D eigenvalue weighted by Crippen LogP contribution is 2.08. The van der Waals surface area contributed by atoms with Crippen LogP contribution in [-0.4, -0.2) is 40.3 Å². The Hall–Kier alpha value is -1.72. The van der Waals surface area contributed by atoms with Crippen LogP contribution in [-0.2, 0) is 13.0 Å². The lowest BCUT2D eigenvalue weighted by molar-refractivity contribution is 0.251. The van der Waals surface area contributed by atoms with Crippen molar-refractivity contribution in [3.05, 3.63) is 47.6 Å². The van der Waals surface area contributed by atoms with Crippen molar-refractivity contribution < 1.29 is 9.63 Å². The topological polar surface area (TPSA) is 62.4 Å². The van der Waals surface area contributed by atoms with Crippen molar-refractivity contribution in [2.45, 2.75) is 32.2 Å². The lowest BCUT2D eigenvalue weighted by Gasteiger charge is -2.13. The predicted octanol–water partition coefficient (Wildman–Crippen LogP) is 2.25. The van der Waals surface area contributed by atoms with Crippen LogP contribution in [0.2, 0.25) is 0 Å². The summed E-state index contributed by atoms with van der Waals surface area (Å²) in [5.74, 6) is 1.38. The first-order valence-corrected chi connectivity index (χ1v) is 7.42. The zero-order chi connectivity index (χ0) is 14.9. The molecule has 0 fully saturated rings. The van der Waals surface area contributed by atoms with E-state index in [0.717, 1.165) is 31.6 Å². The van der Waals surface area contributed by atoms with E-state index in [1.165, 1.54) is 5.56 Å². The SMILES string of the molecule is CN(CCCCCO)Cc1nc(Cc2ccccc2)no1. The van der Waals surface area contributed by atoms with Crippen molar-refractivity contribution in [3.63, 3.8) is 0 Å². The van der Waals surface area contributed by atoms with E-state index in [0.29, 0.717) is 18.9 Å². The molecule has 0 amide bonds. The summed E-state index contributed by atoms with van der Waals surface area (Å²) >= 11 is 0. The summed E-state index contributed by atoms with van der Waals surface area (Å²) in [6.07, 6.45) is 3.69. The van der Waals surface area contributed by atoms with Crippen LogP contribution in [0.1, 0.15) is 36.5 Å². The van der Waals surface area contributed by atoms with Crippen LogP contribution in [0.5, 0.6) is 0 Å². The standard InChI is InChI=1S/C16H23N3O2/c1-19(10-6-3-7-11-20)13-16-17-15(18-21-16)12-14-8-4-2-5-9-14/h2,4-5,8-9,20H,3,6-7,10-13H2,1H3. The van der Waals surface area contributed by atoms with Crippen molar-refractivity contribution in [3.8, 4) is 0 Å². The molecule has 0 bridgehead atoms. The summed E-state index contributed by atoms with van der Waals surface area (Å²) in [7, 11) is 2.04. The summed E-state index contributed by atoms with van der Waals surface area (Å²) in [6.45, 7) is 1.91. The van der Waals surface area contributed by atoms with E-state index in [4.69, 9.17) is 9.63 Å². The Morgan fingerprint density at radius 2 is 1.95 bits per heavy atom. The van der Waals surface area contributed by atoms with Crippen LogP contribution < -0.4 is 0 Å². The van der Waals surface area contributed by atoms with E-state index < -0.39 is 0 Å². The molecular formula is C16H23N3O2. The molecule has 21 heavy (non-hydrogen) atoms. The number of hydrogen-bond acceptors (Lipinski definition) is 5. The highest BCUT2D eigenvalue weighted by atomic mass is 16.5. The predicted molar refractivity (Wildman–Crippen MR) is 80.8 cm³/mol. The van der Waals surface area contributed by atoms with Crippen LogP contribution in [0.25, 0.3) is 0 Å². The average molecular weight is 289 g/mol. The Bertz CT molecular complexity index is 513. The molecule has 0 spiro atoms. The zero-order valence-electron chi connectivity index (χ0n) is 12.5. The fourth-order valence-corrected chi connectivity index (χ4v) is 2.18. The Morgan fingerprint density at radius 1 is 1.14 bits per heavy atom. The van der Waals surface area contributed by atoms with E-state index in [9.17, 15) is 0 Å². The van der Waals surface area contributed by atoms with E-state index >= 15 is 0 Å². The maximum absolute atomic E-state index is 8.74. The van der Waals surface area contributed by atoms with Gasteiger partial charge in [-0.15, -0.1) is 0 Å². The third-order valence-electron chi connectivity index (χ3n) is 3.32. The van der Waals surface area contributed by atoms with Crippen LogP contribution in [0, 0.1) is 0 Å². The van der Waals surface area contributed by atoms with Gasteiger partial charge >= 0.3 is 0 Å². The Labute approximate surface area is 125 Å². The van der Waals surface area contributed by atoms with E-state index in [-0.39, 0.29) is 6.61 Å². The van der Waals surface area contributed by atoms with Gasteiger partial charge < -0.3 is 9.63 Å². The van der Waals surface area contributed by atoms with Crippen molar-refractivity contribution in [2.24, 2.45) is 0 Å². The number of aromatic nitrogens is 2. The second-order valence-corrected chi connectivity index (χ2v) is 5.29. The molecule has 1 N–H and O–H groups in total. The normalized spacial score (nSPS) is 11.2. The van der Waals surface area contributed by atoms with E-state index in [1.54, 1.807) is 0 Å². The quantitative estimate of drug-likeness (QED) is 0.717. The number of benzene rings is 1. The first-order chi connectivity index (χ1) is 10.3. The van der Waals surface area contributed by atoms with Gasteiger partial charge in [-0.2, -0.15) is 4.98 Å². The van der Waals surface area contributed by atoms with Crippen molar-refractivity contribution in [1.82, 2.24) is 15.0 Å². The minimum Gasteiger partial charge on any atom is -0.396 e. The molecule has 0 aliphatic carbocycles. The first kappa shape index (κ1) is 15.7. The molecule has 0 aliphatic heterocycles. The Kier molecular flexibility index (Phi) is 6.37. The fraction of sp³-hybridized carbons (Fsp3) is 0.500. The Balaban J connectivity index is 1.77. The van der Waals surface area contributed by atoms with Gasteiger partial charge in [0.05, 0.1) is 6.54 Å². The molecule has 5 heteroatoms. The second kappa shape index (κ2) is 8.54. The maximum atomic E-state index is 8.74. The largest absolute Gasteiger partial charge is 0.396 e. The molecule has 0 aliphatic rings. The molecule has 0 unspecified atom stereocenters. The highest BCUT2D eigenvalue weighted by molar-refractivity contribution is 5.18. The number of unbranched alkanes of at least 4 members (excludes halogenated alkanes) is 2. The molecule has 1 aromatic heterocycles. The molecule has 0 saturated heterocycles. The van der Waals surface area contributed by atoms with Gasteiger partial charge in [0.25, 0.3) is 0 Å². The van der Waals surface area contributed by atoms with Crippen molar-refractivity contribution in [2.75, 3.05) is 20.2 Å². The van der Waals surface area contributed by atoms with Gasteiger partial charge in [-0.25, -0.2) is 0 Å². The monoisotopic (exact) mass is 289 g/mol. The van der Waals surface area contributed by atoms with Crippen molar-refractivity contribution in [1.29, 1.82) is 0 Å². The van der Waals surface area contributed by atoms with Crippen molar-refractivity contribution >= 4 is 0 Å². The van der Waals surface area contributed by atoms with Gasteiger partial charge in [-0.1, -0.05) is 35.5 Å². The van der Waals surface area contributed by atoms with Gasteiger partial charge in [0.2, 0.25) is 5.89 Å². The highest BCUT2D eigenvalue weighted by Gasteiger charge is 2.09. The lowest BCUT2D eigenvalue weighted by atomic mass is 10.1. The summed E-state index contributed by atoms with van der Waals surface area (Å²) in [6, 6.07) is 10.1. The number of hydrogen-bond donors (Lipinski definition) is 1. The van der Waals surface area contributed by atoms with Gasteiger partial charge in [0.15, 0.2) is 5.82 Å². The number of aliphatic hydroxyl groups excluding tert-OH is 1. The molecule has 0 radical (unpaired) electrons. The molecule has 2 aromatic rings. The third kappa shape index (κ3) is 5.65. The molecule has 0 atom stereocenters. The molecule has 1 heterocycles. The maximum Gasteiger partial charge on any atom is 0.240 e. The second-order valence-electron chi connectivity index (χ2n) is 5.29. The smallest absolute Gasteiger partial charge is 0.240 e. The minimum absolute atomic E-state index is 0.274. The van der Waals surface area contributed by atoms with Gasteiger partial charge in [0.1, 0.15) is 0 Å². The molecule has 2 rings (SSSR count). The van der Waals surface area contributed by atoms with Crippen LogP contribution in [0.4, 0.5) is 0 Å². The zero-order valence-corrected chi connectivity index (χ0v) is 12.5. The Morgan fingerprint density at radius 3 is 2.71 bits per heavy atom. The molecule has 5 nitrogen and oxygen atoms in total. The summed E-state index contributed by atoms with van der Waals surface area (Å²) in [4.78, 5) is 6.59. The van der Waals surface area contributed by atoms with Crippen LogP contribution >= 0.6 is 0 Å². The van der Waals surface area contributed by atoms with Crippen LogP contribution in [0.3, 0.4) is 0 Å². The average Bonchev–Trinajstić information content (AvgIpc) is 2.92. The summed E-state index contributed by atoms with van der Waals surface area (Å²) in [5.41, 5.74) is 1.18. The first-order valence-electron chi connectivity index (χ1n) is 7.42. The molecule has 114 valence electrons. The van der Waals surface area contributed by atoms with Gasteiger partial charge in [0, 0.05) is 13.0 Å². The van der Waals surface area contributed by atoms with Gasteiger partial charge in [-0.3, -0.25) is 4.90 Å². The third-order valence-corrected chi connectivity index (χ3v) is 3.32. The van der Waals surface area contributed by atoms with Crippen LogP contribution in [0.15, 0.2) is 34.9 Å². The number of aliphatic hydroxyl groups is 1. The number of nitrogens with zero attached hydrogens (tertiary/aromatic N) is 3. The molecular weight excluding hydrogens is 266 g/mol.